The monoisotopic (exact) mass is 463 g/mol. The predicted molar refractivity (Wildman–Crippen MR) is 123 cm³/mol. The summed E-state index contributed by atoms with van der Waals surface area (Å²) in [6.45, 7) is 5.92. The van der Waals surface area contributed by atoms with E-state index in [1.54, 1.807) is 0 Å². The largest absolute Gasteiger partial charge is 0.294 e. The van der Waals surface area contributed by atoms with Gasteiger partial charge >= 0.3 is 0 Å². The van der Waals surface area contributed by atoms with Gasteiger partial charge in [-0.1, -0.05) is 41.1 Å². The zero-order valence-corrected chi connectivity index (χ0v) is 18.7. The van der Waals surface area contributed by atoms with Crippen molar-refractivity contribution in [3.05, 3.63) is 85.4 Å². The number of aryl methyl sites for hydroxylation is 3. The van der Waals surface area contributed by atoms with Crippen molar-refractivity contribution in [2.45, 2.75) is 33.6 Å². The van der Waals surface area contributed by atoms with Gasteiger partial charge in [0, 0.05) is 21.8 Å². The van der Waals surface area contributed by atoms with Crippen molar-refractivity contribution in [3.8, 4) is 0 Å². The SMILES string of the molecule is CCc1ccc2nc(Nc3nc(C)c(Cc4ccc(Br)cc4)c(=O)[nH]3)nc(C)c2c1. The second kappa shape index (κ2) is 8.36. The predicted octanol–water partition coefficient (Wildman–Crippen LogP) is 4.99. The highest BCUT2D eigenvalue weighted by molar-refractivity contribution is 9.10. The lowest BCUT2D eigenvalue weighted by Crippen LogP contribution is -2.19. The fraction of sp³-hybridized carbons (Fsp3) is 0.217. The van der Waals surface area contributed by atoms with Gasteiger partial charge in [-0.3, -0.25) is 15.1 Å². The number of hydrogen-bond acceptors (Lipinski definition) is 5. The molecule has 0 bridgehead atoms. The van der Waals surface area contributed by atoms with Gasteiger partial charge in [0.2, 0.25) is 11.9 Å². The van der Waals surface area contributed by atoms with E-state index in [0.717, 1.165) is 33.1 Å². The normalized spacial score (nSPS) is 11.1. The van der Waals surface area contributed by atoms with Gasteiger partial charge in [-0.25, -0.2) is 15.0 Å². The van der Waals surface area contributed by atoms with Crippen molar-refractivity contribution in [2.75, 3.05) is 5.32 Å². The summed E-state index contributed by atoms with van der Waals surface area (Å²) in [5.41, 5.74) is 5.18. The van der Waals surface area contributed by atoms with Crippen molar-refractivity contribution in [2.24, 2.45) is 0 Å². The van der Waals surface area contributed by atoms with Crippen LogP contribution in [0.3, 0.4) is 0 Å². The molecule has 0 saturated heterocycles. The number of benzene rings is 2. The Labute approximate surface area is 183 Å². The van der Waals surface area contributed by atoms with Crippen LogP contribution in [0.5, 0.6) is 0 Å². The van der Waals surface area contributed by atoms with Crippen LogP contribution in [0.1, 0.15) is 35.0 Å². The summed E-state index contributed by atoms with van der Waals surface area (Å²) in [7, 11) is 0. The summed E-state index contributed by atoms with van der Waals surface area (Å²) in [5, 5.41) is 4.08. The lowest BCUT2D eigenvalue weighted by molar-refractivity contribution is 0.978. The van der Waals surface area contributed by atoms with Crippen molar-refractivity contribution in [1.82, 2.24) is 19.9 Å². The molecule has 0 aliphatic rings. The number of aromatic amines is 1. The van der Waals surface area contributed by atoms with Gasteiger partial charge in [0.1, 0.15) is 0 Å². The maximum atomic E-state index is 12.7. The average Bonchev–Trinajstić information content (AvgIpc) is 2.72. The van der Waals surface area contributed by atoms with E-state index in [2.05, 4.69) is 60.2 Å². The van der Waals surface area contributed by atoms with E-state index in [-0.39, 0.29) is 5.56 Å². The first-order chi connectivity index (χ1) is 14.4. The third-order valence-electron chi connectivity index (χ3n) is 5.11. The Morgan fingerprint density at radius 1 is 0.967 bits per heavy atom. The molecule has 30 heavy (non-hydrogen) atoms. The van der Waals surface area contributed by atoms with Crippen LogP contribution < -0.4 is 10.9 Å². The van der Waals surface area contributed by atoms with E-state index < -0.39 is 0 Å². The number of anilines is 2. The van der Waals surface area contributed by atoms with Crippen LogP contribution in [0, 0.1) is 13.8 Å². The average molecular weight is 464 g/mol. The molecule has 0 unspecified atom stereocenters. The molecule has 0 atom stereocenters. The molecule has 2 aromatic heterocycles. The van der Waals surface area contributed by atoms with Crippen molar-refractivity contribution >= 4 is 38.7 Å². The van der Waals surface area contributed by atoms with Crippen LogP contribution in [0.25, 0.3) is 10.9 Å². The van der Waals surface area contributed by atoms with Gasteiger partial charge in [-0.05, 0) is 55.7 Å². The molecule has 0 spiro atoms. The van der Waals surface area contributed by atoms with Crippen molar-refractivity contribution < 1.29 is 0 Å². The maximum absolute atomic E-state index is 12.7. The Hall–Kier alpha value is -3.06. The molecule has 0 radical (unpaired) electrons. The van der Waals surface area contributed by atoms with Crippen LogP contribution in [0.15, 0.2) is 51.7 Å². The minimum Gasteiger partial charge on any atom is -0.294 e. The molecular weight excluding hydrogens is 442 g/mol. The van der Waals surface area contributed by atoms with Crippen LogP contribution in [0.4, 0.5) is 11.9 Å². The number of H-pyrrole nitrogens is 1. The number of nitrogens with one attached hydrogen (secondary N) is 2. The number of hydrogen-bond donors (Lipinski definition) is 2. The second-order valence-corrected chi connectivity index (χ2v) is 8.16. The van der Waals surface area contributed by atoms with E-state index in [4.69, 9.17) is 0 Å². The Bertz CT molecular complexity index is 1280. The topological polar surface area (TPSA) is 83.6 Å². The molecule has 0 amide bonds. The Morgan fingerprint density at radius 3 is 2.40 bits per heavy atom. The minimum absolute atomic E-state index is 0.169. The molecule has 4 aromatic rings. The molecule has 0 saturated carbocycles. The van der Waals surface area contributed by atoms with E-state index >= 15 is 0 Å². The van der Waals surface area contributed by atoms with Crippen molar-refractivity contribution in [3.63, 3.8) is 0 Å². The first-order valence-corrected chi connectivity index (χ1v) is 10.6. The zero-order valence-electron chi connectivity index (χ0n) is 17.1. The highest BCUT2D eigenvalue weighted by atomic mass is 79.9. The maximum Gasteiger partial charge on any atom is 0.256 e. The fourth-order valence-corrected chi connectivity index (χ4v) is 3.66. The lowest BCUT2D eigenvalue weighted by atomic mass is 10.1. The van der Waals surface area contributed by atoms with Gasteiger partial charge in [-0.15, -0.1) is 0 Å². The number of nitrogens with zero attached hydrogens (tertiary/aromatic N) is 3. The standard InChI is InChI=1S/C23H22BrN5O/c1-4-15-7-10-20-18(11-15)13(2)25-22(27-20)29-23-26-14(3)19(21(30)28-23)12-16-5-8-17(24)9-6-16/h5-11H,4,12H2,1-3H3,(H2,25,26,27,28,29,30). The van der Waals surface area contributed by atoms with E-state index in [0.29, 0.717) is 29.6 Å². The molecule has 6 nitrogen and oxygen atoms in total. The van der Waals surface area contributed by atoms with Gasteiger partial charge in [0.15, 0.2) is 0 Å². The summed E-state index contributed by atoms with van der Waals surface area (Å²) < 4.78 is 1.01. The summed E-state index contributed by atoms with van der Waals surface area (Å²) in [4.78, 5) is 29.1. The number of rotatable bonds is 5. The number of aromatic nitrogens is 4. The molecule has 4 rings (SSSR count). The molecule has 2 N–H and O–H groups in total. The summed E-state index contributed by atoms with van der Waals surface area (Å²) in [5.74, 6) is 0.744. The smallest absolute Gasteiger partial charge is 0.256 e. The van der Waals surface area contributed by atoms with Gasteiger partial charge in [0.25, 0.3) is 5.56 Å². The molecule has 2 aromatic carbocycles. The fourth-order valence-electron chi connectivity index (χ4n) is 3.39. The van der Waals surface area contributed by atoms with Gasteiger partial charge in [-0.2, -0.15) is 0 Å². The van der Waals surface area contributed by atoms with E-state index in [1.165, 1.54) is 5.56 Å². The first kappa shape index (κ1) is 20.2. The summed E-state index contributed by atoms with van der Waals surface area (Å²) in [6.07, 6.45) is 1.49. The van der Waals surface area contributed by atoms with Gasteiger partial charge in [0.05, 0.1) is 16.9 Å². The second-order valence-electron chi connectivity index (χ2n) is 7.24. The van der Waals surface area contributed by atoms with Crippen LogP contribution in [-0.4, -0.2) is 19.9 Å². The first-order valence-electron chi connectivity index (χ1n) is 9.81. The Morgan fingerprint density at radius 2 is 1.70 bits per heavy atom. The summed E-state index contributed by atoms with van der Waals surface area (Å²) >= 11 is 3.43. The highest BCUT2D eigenvalue weighted by Crippen LogP contribution is 2.21. The minimum atomic E-state index is -0.169. The quantitative estimate of drug-likeness (QED) is 0.435. The molecular formula is C23H22BrN5O. The van der Waals surface area contributed by atoms with Crippen LogP contribution >= 0.6 is 15.9 Å². The molecule has 152 valence electrons. The highest BCUT2D eigenvalue weighted by Gasteiger charge is 2.11. The Kier molecular flexibility index (Phi) is 5.63. The zero-order chi connectivity index (χ0) is 21.3. The van der Waals surface area contributed by atoms with Gasteiger partial charge < -0.3 is 0 Å². The van der Waals surface area contributed by atoms with E-state index in [1.807, 2.05) is 44.2 Å². The van der Waals surface area contributed by atoms with Crippen LogP contribution in [0.2, 0.25) is 0 Å². The van der Waals surface area contributed by atoms with Crippen LogP contribution in [-0.2, 0) is 12.8 Å². The molecule has 0 aliphatic heterocycles. The third-order valence-corrected chi connectivity index (χ3v) is 5.63. The number of fused-ring (bicyclic) bond motifs is 1. The molecule has 0 aliphatic carbocycles. The van der Waals surface area contributed by atoms with E-state index in [9.17, 15) is 4.79 Å². The molecule has 2 heterocycles. The summed E-state index contributed by atoms with van der Waals surface area (Å²) in [6, 6.07) is 14.1. The van der Waals surface area contributed by atoms with Crippen molar-refractivity contribution in [1.29, 1.82) is 0 Å². The molecule has 0 fully saturated rings. The number of halogens is 1. The molecule has 7 heteroatoms. The third kappa shape index (κ3) is 4.26. The lowest BCUT2D eigenvalue weighted by Gasteiger charge is -2.10. The Balaban J connectivity index is 1.62.